The van der Waals surface area contributed by atoms with Crippen molar-refractivity contribution in [1.82, 2.24) is 15.3 Å². The SMILES string of the molecule is CCOc1nc2cc(F)c(OC3CCC(OC[C@H](C)NC(C)=O)CC3)nc2s1. The Balaban J connectivity index is 1.51. The number of hydrogen-bond donors (Lipinski definition) is 1. The van der Waals surface area contributed by atoms with Gasteiger partial charge in [0.1, 0.15) is 11.6 Å². The Morgan fingerprint density at radius 2 is 2.04 bits per heavy atom. The van der Waals surface area contributed by atoms with Gasteiger partial charge < -0.3 is 19.5 Å². The number of carbonyl (C=O) groups is 1. The molecule has 0 aliphatic heterocycles. The van der Waals surface area contributed by atoms with Crippen LogP contribution >= 0.6 is 11.3 Å². The number of nitrogens with one attached hydrogen (secondary N) is 1. The monoisotopic (exact) mass is 411 g/mol. The van der Waals surface area contributed by atoms with Crippen molar-refractivity contribution in [3.05, 3.63) is 11.9 Å². The number of amides is 1. The van der Waals surface area contributed by atoms with Crippen LogP contribution in [-0.4, -0.2) is 47.3 Å². The van der Waals surface area contributed by atoms with Crippen molar-refractivity contribution >= 4 is 27.6 Å². The van der Waals surface area contributed by atoms with Crippen LogP contribution < -0.4 is 14.8 Å². The van der Waals surface area contributed by atoms with E-state index in [1.54, 1.807) is 0 Å². The number of thiazole rings is 1. The quantitative estimate of drug-likeness (QED) is 0.716. The van der Waals surface area contributed by atoms with Gasteiger partial charge in [0.2, 0.25) is 5.91 Å². The summed E-state index contributed by atoms with van der Waals surface area (Å²) < 4.78 is 31.4. The van der Waals surface area contributed by atoms with Crippen LogP contribution in [-0.2, 0) is 9.53 Å². The molecule has 28 heavy (non-hydrogen) atoms. The predicted molar refractivity (Wildman–Crippen MR) is 104 cm³/mol. The fourth-order valence-electron chi connectivity index (χ4n) is 3.22. The van der Waals surface area contributed by atoms with Gasteiger partial charge in [-0.05, 0) is 39.5 Å². The molecule has 1 aliphatic rings. The van der Waals surface area contributed by atoms with Crippen LogP contribution in [0.4, 0.5) is 4.39 Å². The van der Waals surface area contributed by atoms with Crippen molar-refractivity contribution in [3.8, 4) is 11.1 Å². The average molecular weight is 411 g/mol. The van der Waals surface area contributed by atoms with Gasteiger partial charge in [-0.2, -0.15) is 4.98 Å². The Morgan fingerprint density at radius 1 is 1.32 bits per heavy atom. The molecule has 1 fully saturated rings. The van der Waals surface area contributed by atoms with Crippen LogP contribution in [0.15, 0.2) is 6.07 Å². The fraction of sp³-hybridized carbons (Fsp3) is 0.632. The zero-order chi connectivity index (χ0) is 20.1. The third-order valence-corrected chi connectivity index (χ3v) is 5.36. The highest BCUT2D eigenvalue weighted by molar-refractivity contribution is 7.19. The lowest BCUT2D eigenvalue weighted by atomic mass is 9.95. The van der Waals surface area contributed by atoms with Gasteiger partial charge in [-0.25, -0.2) is 9.37 Å². The summed E-state index contributed by atoms with van der Waals surface area (Å²) in [6, 6.07) is 1.33. The van der Waals surface area contributed by atoms with Gasteiger partial charge in [0.05, 0.1) is 19.3 Å². The largest absolute Gasteiger partial charge is 0.472 e. The third-order valence-electron chi connectivity index (χ3n) is 4.48. The van der Waals surface area contributed by atoms with Crippen LogP contribution in [0.5, 0.6) is 11.1 Å². The number of nitrogens with zero attached hydrogens (tertiary/aromatic N) is 2. The number of rotatable bonds is 8. The number of aromatic nitrogens is 2. The van der Waals surface area contributed by atoms with E-state index in [9.17, 15) is 9.18 Å². The second kappa shape index (κ2) is 9.47. The van der Waals surface area contributed by atoms with E-state index in [4.69, 9.17) is 14.2 Å². The van der Waals surface area contributed by atoms with Crippen molar-refractivity contribution in [2.75, 3.05) is 13.2 Å². The molecule has 0 radical (unpaired) electrons. The summed E-state index contributed by atoms with van der Waals surface area (Å²) in [6.45, 7) is 6.26. The van der Waals surface area contributed by atoms with Crippen LogP contribution in [0, 0.1) is 5.82 Å². The highest BCUT2D eigenvalue weighted by Crippen LogP contribution is 2.31. The highest BCUT2D eigenvalue weighted by atomic mass is 32.1. The summed E-state index contributed by atoms with van der Waals surface area (Å²) in [7, 11) is 0. The van der Waals surface area contributed by atoms with E-state index in [1.807, 2.05) is 13.8 Å². The molecule has 0 unspecified atom stereocenters. The molecule has 1 atom stereocenters. The Kier molecular flexibility index (Phi) is 7.01. The van der Waals surface area contributed by atoms with E-state index in [0.29, 0.717) is 28.8 Å². The van der Waals surface area contributed by atoms with Crippen molar-refractivity contribution < 1.29 is 23.4 Å². The second-order valence-electron chi connectivity index (χ2n) is 6.96. The molecule has 2 aromatic heterocycles. The normalized spacial score (nSPS) is 20.7. The van der Waals surface area contributed by atoms with Crippen LogP contribution in [0.3, 0.4) is 0 Å². The van der Waals surface area contributed by atoms with E-state index < -0.39 is 5.82 Å². The standard InChI is InChI=1S/C19H26FN3O4S/c1-4-25-19-22-16-9-15(20)17(23-18(16)28-19)27-14-7-5-13(6-8-14)26-10-11(2)21-12(3)24/h9,11,13-14H,4-8,10H2,1-3H3,(H,21,24)/t11-,13?,14?/m0/s1. The first-order valence-electron chi connectivity index (χ1n) is 9.59. The molecule has 2 heterocycles. The van der Waals surface area contributed by atoms with E-state index in [1.165, 1.54) is 24.3 Å². The molecule has 1 saturated carbocycles. The summed E-state index contributed by atoms with van der Waals surface area (Å²) in [5, 5.41) is 3.28. The van der Waals surface area contributed by atoms with Crippen LogP contribution in [0.2, 0.25) is 0 Å². The third kappa shape index (κ3) is 5.51. The summed E-state index contributed by atoms with van der Waals surface area (Å²) in [5.41, 5.74) is 0.476. The van der Waals surface area contributed by atoms with Gasteiger partial charge in [-0.1, -0.05) is 11.3 Å². The second-order valence-corrected chi connectivity index (χ2v) is 7.90. The van der Waals surface area contributed by atoms with Gasteiger partial charge in [-0.3, -0.25) is 4.79 Å². The van der Waals surface area contributed by atoms with Crippen LogP contribution in [0.25, 0.3) is 10.3 Å². The lowest BCUT2D eigenvalue weighted by molar-refractivity contribution is -0.120. The minimum atomic E-state index is -0.511. The van der Waals surface area contributed by atoms with Gasteiger partial charge in [0, 0.05) is 19.0 Å². The number of halogens is 1. The summed E-state index contributed by atoms with van der Waals surface area (Å²) in [4.78, 5) is 20.1. The Labute approximate surface area is 167 Å². The van der Waals surface area contributed by atoms with Gasteiger partial charge >= 0.3 is 0 Å². The molecular formula is C19H26FN3O4S. The number of pyridine rings is 1. The van der Waals surface area contributed by atoms with E-state index >= 15 is 0 Å². The summed E-state index contributed by atoms with van der Waals surface area (Å²) in [6.07, 6.45) is 3.24. The molecule has 2 aromatic rings. The number of hydrogen-bond acceptors (Lipinski definition) is 7. The van der Waals surface area contributed by atoms with E-state index in [0.717, 1.165) is 25.7 Å². The molecule has 0 aromatic carbocycles. The zero-order valence-corrected chi connectivity index (χ0v) is 17.2. The summed E-state index contributed by atoms with van der Waals surface area (Å²) >= 11 is 1.28. The van der Waals surface area contributed by atoms with Crippen LogP contribution in [0.1, 0.15) is 46.5 Å². The first-order valence-corrected chi connectivity index (χ1v) is 10.4. The molecule has 0 bridgehead atoms. The van der Waals surface area contributed by atoms with Gasteiger partial charge in [-0.15, -0.1) is 0 Å². The predicted octanol–water partition coefficient (Wildman–Crippen LogP) is 3.46. The number of ether oxygens (including phenoxy) is 3. The Morgan fingerprint density at radius 3 is 2.71 bits per heavy atom. The first-order chi connectivity index (χ1) is 13.4. The number of fused-ring (bicyclic) bond motifs is 1. The molecule has 1 N–H and O–H groups in total. The highest BCUT2D eigenvalue weighted by Gasteiger charge is 2.25. The van der Waals surface area contributed by atoms with Crippen molar-refractivity contribution in [1.29, 1.82) is 0 Å². The molecule has 1 amide bonds. The molecular weight excluding hydrogens is 385 g/mol. The minimum absolute atomic E-state index is 0.0162. The maximum Gasteiger partial charge on any atom is 0.275 e. The summed E-state index contributed by atoms with van der Waals surface area (Å²) in [5.74, 6) is -0.555. The molecule has 0 saturated heterocycles. The average Bonchev–Trinajstić information content (AvgIpc) is 3.02. The molecule has 3 rings (SSSR count). The zero-order valence-electron chi connectivity index (χ0n) is 16.4. The first kappa shape index (κ1) is 20.7. The van der Waals surface area contributed by atoms with Gasteiger partial charge in [0.25, 0.3) is 11.1 Å². The van der Waals surface area contributed by atoms with Crippen molar-refractivity contribution in [2.24, 2.45) is 0 Å². The maximum absolute atomic E-state index is 14.3. The molecule has 7 nitrogen and oxygen atoms in total. The maximum atomic E-state index is 14.3. The van der Waals surface area contributed by atoms with Crippen molar-refractivity contribution in [2.45, 2.75) is 64.7 Å². The van der Waals surface area contributed by atoms with E-state index in [2.05, 4.69) is 15.3 Å². The van der Waals surface area contributed by atoms with E-state index in [-0.39, 0.29) is 30.0 Å². The smallest absolute Gasteiger partial charge is 0.275 e. The Hall–Kier alpha value is -2.00. The lowest BCUT2D eigenvalue weighted by Gasteiger charge is -2.29. The van der Waals surface area contributed by atoms with Gasteiger partial charge in [0.15, 0.2) is 10.6 Å². The molecule has 154 valence electrons. The Bertz CT molecular complexity index is 808. The number of carbonyl (C=O) groups excluding carboxylic acids is 1. The molecule has 1 aliphatic carbocycles. The lowest BCUT2D eigenvalue weighted by Crippen LogP contribution is -2.37. The molecule has 9 heteroatoms. The molecule has 0 spiro atoms. The topological polar surface area (TPSA) is 82.6 Å². The fourth-order valence-corrected chi connectivity index (χ4v) is 4.04. The van der Waals surface area contributed by atoms with Crippen molar-refractivity contribution in [3.63, 3.8) is 0 Å². The minimum Gasteiger partial charge on any atom is -0.472 e.